The smallest absolute Gasteiger partial charge is 0.137 e. The van der Waals surface area contributed by atoms with Crippen LogP contribution in [0.5, 0.6) is 11.5 Å². The number of benzene rings is 4. The van der Waals surface area contributed by atoms with E-state index in [0.29, 0.717) is 5.92 Å². The maximum absolute atomic E-state index is 6.74. The molecule has 7 rings (SSSR count). The van der Waals surface area contributed by atoms with E-state index in [0.717, 1.165) is 58.3 Å². The van der Waals surface area contributed by atoms with Crippen LogP contribution in [-0.2, 0) is 6.42 Å². The van der Waals surface area contributed by atoms with Crippen molar-refractivity contribution in [3.05, 3.63) is 131 Å². The van der Waals surface area contributed by atoms with Gasteiger partial charge in [-0.1, -0.05) is 77.4 Å². The molecule has 1 atom stereocenters. The van der Waals surface area contributed by atoms with Crippen molar-refractivity contribution in [1.29, 1.82) is 0 Å². The number of nitrogens with zero attached hydrogens (tertiary/aromatic N) is 4. The number of hydrogen-bond donors (Lipinski definition) is 0. The lowest BCUT2D eigenvalue weighted by Gasteiger charge is -2.27. The molecule has 3 heterocycles. The van der Waals surface area contributed by atoms with Gasteiger partial charge < -0.3 is 4.74 Å². The Bertz CT molecular complexity index is 2300. The van der Waals surface area contributed by atoms with Crippen LogP contribution in [0.4, 0.5) is 0 Å². The van der Waals surface area contributed by atoms with Crippen LogP contribution < -0.4 is 4.74 Å². The van der Waals surface area contributed by atoms with E-state index in [1.54, 1.807) is 0 Å². The Morgan fingerprint density at radius 2 is 1.57 bits per heavy atom. The molecular formula is C44H46N4O. The molecule has 1 unspecified atom stereocenters. The monoisotopic (exact) mass is 646 g/mol. The Hall–Kier alpha value is -5.16. The Morgan fingerprint density at radius 3 is 2.31 bits per heavy atom. The highest BCUT2D eigenvalue weighted by atomic mass is 16.5. The summed E-state index contributed by atoms with van der Waals surface area (Å²) in [7, 11) is 0. The lowest BCUT2D eigenvalue weighted by atomic mass is 9.77. The van der Waals surface area contributed by atoms with Crippen LogP contribution in [0.25, 0.3) is 44.4 Å². The molecule has 0 bridgehead atoms. The summed E-state index contributed by atoms with van der Waals surface area (Å²) in [5, 5.41) is 7.42. The van der Waals surface area contributed by atoms with Gasteiger partial charge in [0.1, 0.15) is 17.3 Å². The summed E-state index contributed by atoms with van der Waals surface area (Å²) >= 11 is 0. The van der Waals surface area contributed by atoms with Crippen molar-refractivity contribution in [3.8, 4) is 34.1 Å². The Labute approximate surface area is 290 Å². The minimum atomic E-state index is 0.160. The summed E-state index contributed by atoms with van der Waals surface area (Å²) in [5.74, 6) is 2.89. The summed E-state index contributed by atoms with van der Waals surface area (Å²) in [4.78, 5) is 4.82. The molecule has 0 saturated carbocycles. The molecule has 7 aromatic rings. The van der Waals surface area contributed by atoms with Gasteiger partial charge in [-0.2, -0.15) is 5.10 Å². The van der Waals surface area contributed by atoms with Crippen molar-refractivity contribution in [2.75, 3.05) is 0 Å². The average molecular weight is 647 g/mol. The Kier molecular flexibility index (Phi) is 8.40. The molecule has 0 N–H and O–H groups in total. The first-order chi connectivity index (χ1) is 23.5. The summed E-state index contributed by atoms with van der Waals surface area (Å²) in [6.45, 7) is 17.8. The lowest BCUT2D eigenvalue weighted by molar-refractivity contribution is 0.340. The van der Waals surface area contributed by atoms with Crippen molar-refractivity contribution in [2.45, 2.75) is 74.1 Å². The molecule has 49 heavy (non-hydrogen) atoms. The Balaban J connectivity index is 1.34. The highest BCUT2D eigenvalue weighted by molar-refractivity contribution is 6.09. The fourth-order valence-corrected chi connectivity index (χ4v) is 7.05. The number of fused-ring (bicyclic) bond motifs is 3. The fourth-order valence-electron chi connectivity index (χ4n) is 7.05. The van der Waals surface area contributed by atoms with Crippen LogP contribution in [0.1, 0.15) is 75.0 Å². The standard InChI is InChI=1S/C44H46N4O/c1-9-13-32-23-35(48-31(5)43(30(4)46-48)33-14-11-10-12-15-33)26-37(24-32)49-36-17-18-38-39-25-34(29(3)44(6,7)8)16-19-40(39)47(41(38)27-36)42-22-28(2)20-21-45-42/h10-12,14-27,29H,9,13H2,1-8H3. The van der Waals surface area contributed by atoms with Crippen LogP contribution >= 0.6 is 0 Å². The van der Waals surface area contributed by atoms with Gasteiger partial charge in [0.25, 0.3) is 0 Å². The van der Waals surface area contributed by atoms with Crippen LogP contribution in [0.2, 0.25) is 0 Å². The van der Waals surface area contributed by atoms with Crippen LogP contribution in [-0.4, -0.2) is 19.3 Å². The van der Waals surface area contributed by atoms with E-state index >= 15 is 0 Å². The van der Waals surface area contributed by atoms with Crippen LogP contribution in [0, 0.1) is 26.2 Å². The third-order valence-corrected chi connectivity index (χ3v) is 10.0. The first-order valence-electron chi connectivity index (χ1n) is 17.5. The van der Waals surface area contributed by atoms with Gasteiger partial charge in [-0.05, 0) is 109 Å². The third kappa shape index (κ3) is 6.14. The number of aromatic nitrogens is 4. The fraction of sp³-hybridized carbons (Fsp3) is 0.273. The molecule has 0 spiro atoms. The number of rotatable bonds is 8. The van der Waals surface area contributed by atoms with Gasteiger partial charge >= 0.3 is 0 Å². The molecule has 0 saturated heterocycles. The molecule has 248 valence electrons. The normalized spacial score (nSPS) is 12.6. The van der Waals surface area contributed by atoms with E-state index in [4.69, 9.17) is 14.8 Å². The van der Waals surface area contributed by atoms with Gasteiger partial charge in [0.15, 0.2) is 0 Å². The SMILES string of the molecule is CCCc1cc(Oc2ccc3c4cc(C(C)C(C)(C)C)ccc4n(-c4cc(C)ccn4)c3c2)cc(-n2nc(C)c(-c3ccccc3)c2C)c1. The molecule has 3 aromatic heterocycles. The molecular weight excluding hydrogens is 601 g/mol. The second kappa shape index (κ2) is 12.7. The van der Waals surface area contributed by atoms with Gasteiger partial charge in [-0.15, -0.1) is 0 Å². The topological polar surface area (TPSA) is 44.9 Å². The maximum Gasteiger partial charge on any atom is 0.137 e. The van der Waals surface area contributed by atoms with E-state index in [2.05, 4.69) is 156 Å². The van der Waals surface area contributed by atoms with Crippen molar-refractivity contribution in [1.82, 2.24) is 19.3 Å². The molecule has 0 amide bonds. The van der Waals surface area contributed by atoms with Gasteiger partial charge in [0, 0.05) is 40.4 Å². The summed E-state index contributed by atoms with van der Waals surface area (Å²) in [6.07, 6.45) is 3.89. The summed E-state index contributed by atoms with van der Waals surface area (Å²) < 4.78 is 11.1. The quantitative estimate of drug-likeness (QED) is 0.165. The molecule has 0 aliphatic heterocycles. The number of pyridine rings is 1. The summed E-state index contributed by atoms with van der Waals surface area (Å²) in [5.41, 5.74) is 11.6. The molecule has 0 aliphatic rings. The maximum atomic E-state index is 6.74. The first kappa shape index (κ1) is 32.4. The van der Waals surface area contributed by atoms with Gasteiger partial charge in [0.05, 0.1) is 22.4 Å². The molecule has 4 aromatic carbocycles. The van der Waals surface area contributed by atoms with E-state index in [1.807, 2.05) is 12.3 Å². The van der Waals surface area contributed by atoms with Crippen molar-refractivity contribution >= 4 is 21.8 Å². The van der Waals surface area contributed by atoms with E-state index in [9.17, 15) is 0 Å². The highest BCUT2D eigenvalue weighted by Gasteiger charge is 2.23. The number of ether oxygens (including phenoxy) is 1. The minimum absolute atomic E-state index is 0.160. The zero-order valence-electron chi connectivity index (χ0n) is 30.0. The molecule has 0 aliphatic carbocycles. The second-order valence-corrected chi connectivity index (χ2v) is 14.6. The lowest BCUT2D eigenvalue weighted by Crippen LogP contribution is -2.15. The van der Waals surface area contributed by atoms with E-state index in [-0.39, 0.29) is 5.41 Å². The van der Waals surface area contributed by atoms with Gasteiger partial charge in [-0.3, -0.25) is 4.57 Å². The molecule has 0 radical (unpaired) electrons. The highest BCUT2D eigenvalue weighted by Crippen LogP contribution is 2.40. The van der Waals surface area contributed by atoms with Gasteiger partial charge in [-0.25, -0.2) is 9.67 Å². The number of aryl methyl sites for hydroxylation is 3. The van der Waals surface area contributed by atoms with E-state index in [1.165, 1.54) is 38.6 Å². The largest absolute Gasteiger partial charge is 0.457 e. The summed E-state index contributed by atoms with van der Waals surface area (Å²) in [6, 6.07) is 34.6. The van der Waals surface area contributed by atoms with Gasteiger partial charge in [0.2, 0.25) is 0 Å². The zero-order chi connectivity index (χ0) is 34.4. The van der Waals surface area contributed by atoms with Crippen molar-refractivity contribution < 1.29 is 4.74 Å². The van der Waals surface area contributed by atoms with Crippen LogP contribution in [0.15, 0.2) is 103 Å². The molecule has 5 heteroatoms. The molecule has 0 fully saturated rings. The van der Waals surface area contributed by atoms with Crippen molar-refractivity contribution in [2.24, 2.45) is 5.41 Å². The second-order valence-electron chi connectivity index (χ2n) is 14.6. The van der Waals surface area contributed by atoms with Crippen molar-refractivity contribution in [3.63, 3.8) is 0 Å². The average Bonchev–Trinajstić information content (AvgIpc) is 3.56. The van der Waals surface area contributed by atoms with Crippen LogP contribution in [0.3, 0.4) is 0 Å². The minimum Gasteiger partial charge on any atom is -0.457 e. The first-order valence-corrected chi connectivity index (χ1v) is 17.5. The molecule has 5 nitrogen and oxygen atoms in total. The zero-order valence-corrected chi connectivity index (χ0v) is 30.0. The predicted molar refractivity (Wildman–Crippen MR) is 204 cm³/mol. The third-order valence-electron chi connectivity index (χ3n) is 10.0. The number of hydrogen-bond acceptors (Lipinski definition) is 3. The van der Waals surface area contributed by atoms with E-state index < -0.39 is 0 Å². The Morgan fingerprint density at radius 1 is 0.776 bits per heavy atom. The predicted octanol–water partition coefficient (Wildman–Crippen LogP) is 11.9.